The molecule has 8 rings (SSSR count). The third-order valence-electron chi connectivity index (χ3n) is 6.72. The molecule has 3 heteroatoms. The van der Waals surface area contributed by atoms with E-state index in [1.165, 1.54) is 21.5 Å². The molecule has 0 amide bonds. The number of hydrogen-bond acceptors (Lipinski definition) is 2. The van der Waals surface area contributed by atoms with Crippen molar-refractivity contribution in [2.75, 3.05) is 0 Å². The van der Waals surface area contributed by atoms with Crippen LogP contribution in [0.25, 0.3) is 71.1 Å². The number of nitrogens with zero attached hydrogens (tertiary/aromatic N) is 2. The summed E-state index contributed by atoms with van der Waals surface area (Å²) in [5.41, 5.74) is 6.11. The number of pyridine rings is 1. The van der Waals surface area contributed by atoms with Crippen LogP contribution in [0.1, 0.15) is 0 Å². The molecule has 0 unspecified atom stereocenters. The fourth-order valence-electron chi connectivity index (χ4n) is 5.26. The van der Waals surface area contributed by atoms with Crippen molar-refractivity contribution in [3.63, 3.8) is 0 Å². The van der Waals surface area contributed by atoms with Crippen LogP contribution in [-0.2, 0) is 0 Å². The van der Waals surface area contributed by atoms with E-state index in [0.29, 0.717) is 0 Å². The molecule has 148 valence electrons. The SMILES string of the molecule is c1ccc2cc3c(cc2c1)oc1cc2c4ccccc4c4nc5ccccc5n4c2cc13. The van der Waals surface area contributed by atoms with Gasteiger partial charge in [-0.05, 0) is 52.6 Å². The number of hydrogen-bond donors (Lipinski definition) is 0. The first-order valence-electron chi connectivity index (χ1n) is 10.8. The van der Waals surface area contributed by atoms with Crippen molar-refractivity contribution < 1.29 is 4.42 Å². The molecular formula is C29H16N2O. The third kappa shape index (κ3) is 1.98. The van der Waals surface area contributed by atoms with Gasteiger partial charge in [-0.1, -0.05) is 60.7 Å². The van der Waals surface area contributed by atoms with Gasteiger partial charge in [-0.3, -0.25) is 4.40 Å². The van der Waals surface area contributed by atoms with Gasteiger partial charge in [-0.2, -0.15) is 0 Å². The smallest absolute Gasteiger partial charge is 0.146 e. The van der Waals surface area contributed by atoms with E-state index in [2.05, 4.69) is 95.4 Å². The molecule has 0 N–H and O–H groups in total. The summed E-state index contributed by atoms with van der Waals surface area (Å²) in [7, 11) is 0. The largest absolute Gasteiger partial charge is 0.456 e. The standard InChI is InChI=1S/C29H16N2O/c1-2-8-18-14-27-22(13-17(18)7-1)23-15-26-21(16-28(23)32-27)19-9-3-4-10-20(19)29-30-24-11-5-6-12-25(24)31(26)29/h1-16H. The lowest BCUT2D eigenvalue weighted by molar-refractivity contribution is 0.670. The fraction of sp³-hybridized carbons (Fsp3) is 0. The Balaban J connectivity index is 1.66. The molecule has 0 aliphatic carbocycles. The molecule has 8 aromatic rings. The maximum absolute atomic E-state index is 6.37. The van der Waals surface area contributed by atoms with Crippen LogP contribution in [0.15, 0.2) is 101 Å². The molecule has 0 atom stereocenters. The summed E-state index contributed by atoms with van der Waals surface area (Å²) < 4.78 is 8.67. The molecule has 32 heavy (non-hydrogen) atoms. The number of benzene rings is 5. The van der Waals surface area contributed by atoms with Crippen molar-refractivity contribution in [2.24, 2.45) is 0 Å². The molecule has 0 bridgehead atoms. The second-order valence-corrected chi connectivity index (χ2v) is 8.47. The van der Waals surface area contributed by atoms with Crippen LogP contribution in [0.5, 0.6) is 0 Å². The van der Waals surface area contributed by atoms with Crippen molar-refractivity contribution in [1.82, 2.24) is 9.38 Å². The topological polar surface area (TPSA) is 30.4 Å². The number of rotatable bonds is 0. The molecule has 0 aliphatic heterocycles. The van der Waals surface area contributed by atoms with Gasteiger partial charge in [-0.15, -0.1) is 0 Å². The highest BCUT2D eigenvalue weighted by atomic mass is 16.3. The van der Waals surface area contributed by atoms with E-state index in [4.69, 9.17) is 9.40 Å². The van der Waals surface area contributed by atoms with Crippen LogP contribution in [0.4, 0.5) is 0 Å². The van der Waals surface area contributed by atoms with E-state index < -0.39 is 0 Å². The second-order valence-electron chi connectivity index (χ2n) is 8.47. The molecule has 0 radical (unpaired) electrons. The lowest BCUT2D eigenvalue weighted by Crippen LogP contribution is -1.91. The summed E-state index contributed by atoms with van der Waals surface area (Å²) in [5.74, 6) is 0. The average molecular weight is 408 g/mol. The van der Waals surface area contributed by atoms with Gasteiger partial charge in [0.1, 0.15) is 16.8 Å². The molecular weight excluding hydrogens is 392 g/mol. The highest BCUT2D eigenvalue weighted by Crippen LogP contribution is 2.38. The highest BCUT2D eigenvalue weighted by Gasteiger charge is 2.16. The Hall–Kier alpha value is -4.37. The zero-order valence-electron chi connectivity index (χ0n) is 17.0. The summed E-state index contributed by atoms with van der Waals surface area (Å²) in [6.45, 7) is 0. The number of para-hydroxylation sites is 2. The molecule has 3 aromatic heterocycles. The first-order valence-corrected chi connectivity index (χ1v) is 10.8. The van der Waals surface area contributed by atoms with Crippen LogP contribution in [-0.4, -0.2) is 9.38 Å². The maximum atomic E-state index is 6.37. The van der Waals surface area contributed by atoms with Gasteiger partial charge in [0.2, 0.25) is 0 Å². The Labute approximate surface area is 182 Å². The van der Waals surface area contributed by atoms with Crippen molar-refractivity contribution in [3.8, 4) is 0 Å². The molecule has 0 fully saturated rings. The predicted molar refractivity (Wildman–Crippen MR) is 132 cm³/mol. The summed E-state index contributed by atoms with van der Waals surface area (Å²) in [6.07, 6.45) is 0. The molecule has 0 saturated heterocycles. The van der Waals surface area contributed by atoms with Crippen molar-refractivity contribution >= 4 is 71.1 Å². The van der Waals surface area contributed by atoms with Crippen molar-refractivity contribution in [1.29, 1.82) is 0 Å². The average Bonchev–Trinajstić information content (AvgIpc) is 3.39. The van der Waals surface area contributed by atoms with Crippen molar-refractivity contribution in [2.45, 2.75) is 0 Å². The first kappa shape index (κ1) is 16.3. The molecule has 0 aliphatic rings. The van der Waals surface area contributed by atoms with Gasteiger partial charge >= 0.3 is 0 Å². The molecule has 3 nitrogen and oxygen atoms in total. The van der Waals surface area contributed by atoms with Gasteiger partial charge in [0, 0.05) is 21.5 Å². The van der Waals surface area contributed by atoms with Crippen molar-refractivity contribution in [3.05, 3.63) is 97.1 Å². The quantitative estimate of drug-likeness (QED) is 0.239. The van der Waals surface area contributed by atoms with Crippen LogP contribution >= 0.6 is 0 Å². The molecule has 0 spiro atoms. The number of imidazole rings is 1. The van der Waals surface area contributed by atoms with Crippen LogP contribution in [0.2, 0.25) is 0 Å². The zero-order valence-corrected chi connectivity index (χ0v) is 17.0. The summed E-state index contributed by atoms with van der Waals surface area (Å²) in [5, 5.41) is 8.21. The molecule has 3 heterocycles. The first-order chi connectivity index (χ1) is 15.8. The minimum absolute atomic E-state index is 0.914. The third-order valence-corrected chi connectivity index (χ3v) is 6.72. The minimum atomic E-state index is 0.914. The maximum Gasteiger partial charge on any atom is 0.146 e. The van der Waals surface area contributed by atoms with Crippen LogP contribution in [0, 0.1) is 0 Å². The van der Waals surface area contributed by atoms with Crippen LogP contribution < -0.4 is 0 Å². The summed E-state index contributed by atoms with van der Waals surface area (Å²) in [6, 6.07) is 34.2. The Morgan fingerprint density at radius 3 is 2.12 bits per heavy atom. The van der Waals surface area contributed by atoms with E-state index in [-0.39, 0.29) is 0 Å². The van der Waals surface area contributed by atoms with Gasteiger partial charge in [0.25, 0.3) is 0 Å². The predicted octanol–water partition coefficient (Wildman–Crippen LogP) is 7.85. The number of aromatic nitrogens is 2. The highest BCUT2D eigenvalue weighted by molar-refractivity contribution is 6.19. The van der Waals surface area contributed by atoms with E-state index in [0.717, 1.165) is 49.5 Å². The lowest BCUT2D eigenvalue weighted by atomic mass is 10.0. The fourth-order valence-corrected chi connectivity index (χ4v) is 5.26. The number of fused-ring (bicyclic) bond motifs is 12. The van der Waals surface area contributed by atoms with E-state index >= 15 is 0 Å². The molecule has 0 saturated carbocycles. The number of furan rings is 1. The summed E-state index contributed by atoms with van der Waals surface area (Å²) in [4.78, 5) is 5.00. The van der Waals surface area contributed by atoms with Gasteiger partial charge in [0.05, 0.1) is 16.6 Å². The Kier molecular flexibility index (Phi) is 2.89. The van der Waals surface area contributed by atoms with E-state index in [1.54, 1.807) is 0 Å². The van der Waals surface area contributed by atoms with E-state index in [9.17, 15) is 0 Å². The Bertz CT molecular complexity index is 2040. The lowest BCUT2D eigenvalue weighted by Gasteiger charge is -2.09. The normalized spacial score (nSPS) is 12.4. The monoisotopic (exact) mass is 408 g/mol. The van der Waals surface area contributed by atoms with Gasteiger partial charge < -0.3 is 4.42 Å². The second kappa shape index (κ2) is 5.65. The van der Waals surface area contributed by atoms with Gasteiger partial charge in [-0.25, -0.2) is 4.98 Å². The van der Waals surface area contributed by atoms with Crippen LogP contribution in [0.3, 0.4) is 0 Å². The summed E-state index contributed by atoms with van der Waals surface area (Å²) >= 11 is 0. The van der Waals surface area contributed by atoms with Gasteiger partial charge in [0.15, 0.2) is 0 Å². The molecule has 5 aromatic carbocycles. The Morgan fingerprint density at radius 2 is 1.22 bits per heavy atom. The minimum Gasteiger partial charge on any atom is -0.456 e. The Morgan fingerprint density at radius 1 is 0.531 bits per heavy atom. The van der Waals surface area contributed by atoms with E-state index in [1.807, 2.05) is 6.07 Å². The zero-order chi connectivity index (χ0) is 20.8.